The van der Waals surface area contributed by atoms with Gasteiger partial charge in [0.1, 0.15) is 0 Å². The van der Waals surface area contributed by atoms with E-state index in [1.807, 2.05) is 0 Å². The van der Waals surface area contributed by atoms with Crippen LogP contribution in [-0.4, -0.2) is 34.9 Å². The van der Waals surface area contributed by atoms with E-state index >= 15 is 0 Å². The number of carboxylic acid groups (broad SMARTS) is 1. The minimum atomic E-state index is -1.50. The summed E-state index contributed by atoms with van der Waals surface area (Å²) in [7, 11) is 0. The van der Waals surface area contributed by atoms with E-state index in [1.54, 1.807) is 6.07 Å². The fraction of sp³-hybridized carbons (Fsp3) is 0.273. The normalized spacial score (nSPS) is 11.7. The first kappa shape index (κ1) is 15.6. The quantitative estimate of drug-likeness (QED) is 0.668. The van der Waals surface area contributed by atoms with E-state index in [0.717, 1.165) is 0 Å². The summed E-state index contributed by atoms with van der Waals surface area (Å²) in [5.74, 6) is -1.33. The minimum Gasteiger partial charge on any atom is -0.479 e. The minimum absolute atomic E-state index is 0.0114. The molecule has 8 heteroatoms. The van der Waals surface area contributed by atoms with Gasteiger partial charge in [-0.1, -0.05) is 23.2 Å². The van der Waals surface area contributed by atoms with Gasteiger partial charge in [0.2, 0.25) is 0 Å². The monoisotopic (exact) mass is 306 g/mol. The number of carboxylic acids is 1. The van der Waals surface area contributed by atoms with Gasteiger partial charge < -0.3 is 20.8 Å². The highest BCUT2D eigenvalue weighted by Gasteiger charge is 2.13. The molecule has 19 heavy (non-hydrogen) atoms. The van der Waals surface area contributed by atoms with E-state index in [4.69, 9.17) is 33.4 Å². The van der Waals surface area contributed by atoms with Crippen molar-refractivity contribution in [2.45, 2.75) is 12.5 Å². The fourth-order valence-electron chi connectivity index (χ4n) is 1.21. The summed E-state index contributed by atoms with van der Waals surface area (Å²) in [6, 6.07) is 4.03. The van der Waals surface area contributed by atoms with Crippen LogP contribution in [0.4, 0.5) is 10.5 Å². The van der Waals surface area contributed by atoms with Crippen molar-refractivity contribution in [3.63, 3.8) is 0 Å². The van der Waals surface area contributed by atoms with Crippen LogP contribution in [0.2, 0.25) is 10.0 Å². The third kappa shape index (κ3) is 5.34. The standard InChI is InChI=1S/C11H12Cl2N2O4/c12-6-1-2-7(13)8(5-6)15-11(19)14-4-3-9(16)10(17)18/h1-2,5,9,16H,3-4H2,(H,17,18)(H2,14,15,19)/t9-/m0/s1. The van der Waals surface area contributed by atoms with Crippen molar-refractivity contribution in [3.8, 4) is 0 Å². The van der Waals surface area contributed by atoms with E-state index in [0.29, 0.717) is 15.7 Å². The molecule has 0 radical (unpaired) electrons. The molecule has 4 N–H and O–H groups in total. The smallest absolute Gasteiger partial charge is 0.332 e. The molecule has 0 aliphatic carbocycles. The lowest BCUT2D eigenvalue weighted by Crippen LogP contribution is -2.33. The molecule has 2 amide bonds. The first-order valence-corrected chi connectivity index (χ1v) is 6.06. The number of rotatable bonds is 5. The van der Waals surface area contributed by atoms with Crippen LogP contribution >= 0.6 is 23.2 Å². The summed E-state index contributed by atoms with van der Waals surface area (Å²) in [4.78, 5) is 21.8. The molecule has 0 fully saturated rings. The third-order valence-corrected chi connectivity index (χ3v) is 2.73. The number of halogens is 2. The van der Waals surface area contributed by atoms with Crippen LogP contribution in [0.5, 0.6) is 0 Å². The first-order valence-electron chi connectivity index (χ1n) is 5.31. The van der Waals surface area contributed by atoms with Crippen molar-refractivity contribution < 1.29 is 19.8 Å². The molecule has 6 nitrogen and oxygen atoms in total. The zero-order valence-electron chi connectivity index (χ0n) is 9.69. The number of aliphatic hydroxyl groups is 1. The molecule has 0 saturated carbocycles. The van der Waals surface area contributed by atoms with Crippen LogP contribution in [-0.2, 0) is 4.79 Å². The number of hydrogen-bond acceptors (Lipinski definition) is 3. The van der Waals surface area contributed by atoms with Gasteiger partial charge in [-0.3, -0.25) is 0 Å². The molecule has 0 bridgehead atoms. The Labute approximate surface area is 119 Å². The van der Waals surface area contributed by atoms with Gasteiger partial charge in [-0.05, 0) is 18.2 Å². The lowest BCUT2D eigenvalue weighted by Gasteiger charge is -2.10. The van der Waals surface area contributed by atoms with E-state index in [1.165, 1.54) is 12.1 Å². The highest BCUT2D eigenvalue weighted by Crippen LogP contribution is 2.25. The summed E-state index contributed by atoms with van der Waals surface area (Å²) in [5.41, 5.74) is 0.338. The van der Waals surface area contributed by atoms with Crippen molar-refractivity contribution in [3.05, 3.63) is 28.2 Å². The Morgan fingerprint density at radius 2 is 2.00 bits per heavy atom. The largest absolute Gasteiger partial charge is 0.479 e. The Morgan fingerprint density at radius 3 is 2.63 bits per heavy atom. The number of hydrogen-bond donors (Lipinski definition) is 4. The average Bonchev–Trinajstić information content (AvgIpc) is 2.33. The van der Waals surface area contributed by atoms with Gasteiger partial charge in [-0.15, -0.1) is 0 Å². The number of anilines is 1. The van der Waals surface area contributed by atoms with E-state index in [-0.39, 0.29) is 13.0 Å². The topological polar surface area (TPSA) is 98.7 Å². The maximum Gasteiger partial charge on any atom is 0.332 e. The molecule has 104 valence electrons. The van der Waals surface area contributed by atoms with Crippen LogP contribution in [0.15, 0.2) is 18.2 Å². The lowest BCUT2D eigenvalue weighted by atomic mass is 10.2. The zero-order chi connectivity index (χ0) is 14.4. The van der Waals surface area contributed by atoms with Crippen molar-refractivity contribution in [2.24, 2.45) is 0 Å². The molecule has 1 aromatic rings. The van der Waals surface area contributed by atoms with Crippen molar-refractivity contribution in [1.29, 1.82) is 0 Å². The number of amides is 2. The molecular formula is C11H12Cl2N2O4. The highest BCUT2D eigenvalue weighted by atomic mass is 35.5. The summed E-state index contributed by atoms with van der Waals surface area (Å²) in [6.07, 6.45) is -1.60. The molecule has 1 rings (SSSR count). The van der Waals surface area contributed by atoms with Crippen molar-refractivity contribution in [2.75, 3.05) is 11.9 Å². The molecule has 1 aromatic carbocycles. The maximum absolute atomic E-state index is 11.5. The second-order valence-corrected chi connectivity index (χ2v) is 4.49. The van der Waals surface area contributed by atoms with E-state index in [9.17, 15) is 9.59 Å². The highest BCUT2D eigenvalue weighted by molar-refractivity contribution is 6.35. The molecule has 0 aliphatic rings. The third-order valence-electron chi connectivity index (χ3n) is 2.16. The second kappa shape index (κ2) is 7.18. The predicted octanol–water partition coefficient (Wildman–Crippen LogP) is 1.95. The predicted molar refractivity (Wildman–Crippen MR) is 71.7 cm³/mol. The molecule has 0 aliphatic heterocycles. The first-order chi connectivity index (χ1) is 8.90. The van der Waals surface area contributed by atoms with Crippen LogP contribution in [0.1, 0.15) is 6.42 Å². The molecule has 1 atom stereocenters. The molecule has 0 saturated heterocycles. The number of urea groups is 1. The van der Waals surface area contributed by atoms with Gasteiger partial charge in [0.25, 0.3) is 0 Å². The van der Waals surface area contributed by atoms with Gasteiger partial charge in [-0.25, -0.2) is 9.59 Å². The molecule has 0 aromatic heterocycles. The van der Waals surface area contributed by atoms with Gasteiger partial charge >= 0.3 is 12.0 Å². The summed E-state index contributed by atoms with van der Waals surface area (Å²) < 4.78 is 0. The van der Waals surface area contributed by atoms with Crippen LogP contribution in [0.25, 0.3) is 0 Å². The Hall–Kier alpha value is -1.50. The maximum atomic E-state index is 11.5. The van der Waals surface area contributed by atoms with Gasteiger partial charge in [0, 0.05) is 18.0 Å². The molecule has 0 spiro atoms. The van der Waals surface area contributed by atoms with Crippen molar-refractivity contribution >= 4 is 40.9 Å². The summed E-state index contributed by atoms with van der Waals surface area (Å²) in [5, 5.41) is 23.0. The van der Waals surface area contributed by atoms with Crippen LogP contribution < -0.4 is 10.6 Å². The molecule has 0 heterocycles. The number of aliphatic hydroxyl groups excluding tert-OH is 1. The Bertz CT molecular complexity index is 482. The zero-order valence-corrected chi connectivity index (χ0v) is 11.2. The number of nitrogens with one attached hydrogen (secondary N) is 2. The Kier molecular flexibility index (Phi) is 5.88. The number of carbonyl (C=O) groups is 2. The Balaban J connectivity index is 2.43. The summed E-state index contributed by atoms with van der Waals surface area (Å²) in [6.45, 7) is 0.0114. The average molecular weight is 307 g/mol. The summed E-state index contributed by atoms with van der Waals surface area (Å²) >= 11 is 11.6. The molecule has 0 unspecified atom stereocenters. The molecular weight excluding hydrogens is 295 g/mol. The second-order valence-electron chi connectivity index (χ2n) is 3.65. The van der Waals surface area contributed by atoms with Gasteiger partial charge in [0.15, 0.2) is 6.10 Å². The number of benzene rings is 1. The number of carbonyl (C=O) groups excluding carboxylic acids is 1. The lowest BCUT2D eigenvalue weighted by molar-refractivity contribution is -0.146. The Morgan fingerprint density at radius 1 is 1.32 bits per heavy atom. The fourth-order valence-corrected chi connectivity index (χ4v) is 1.54. The van der Waals surface area contributed by atoms with Crippen LogP contribution in [0, 0.1) is 0 Å². The van der Waals surface area contributed by atoms with E-state index in [2.05, 4.69) is 10.6 Å². The SMILES string of the molecule is O=C(NCC[C@H](O)C(=O)O)Nc1cc(Cl)ccc1Cl. The van der Waals surface area contributed by atoms with Gasteiger partial charge in [0.05, 0.1) is 10.7 Å². The van der Waals surface area contributed by atoms with Crippen LogP contribution in [0.3, 0.4) is 0 Å². The van der Waals surface area contributed by atoms with E-state index < -0.39 is 18.1 Å². The van der Waals surface area contributed by atoms with Gasteiger partial charge in [-0.2, -0.15) is 0 Å². The number of aliphatic carboxylic acids is 1. The van der Waals surface area contributed by atoms with Crippen molar-refractivity contribution in [1.82, 2.24) is 5.32 Å².